The van der Waals surface area contributed by atoms with E-state index in [1.165, 1.54) is 18.5 Å². The quantitative estimate of drug-likeness (QED) is 0.891. The van der Waals surface area contributed by atoms with Crippen LogP contribution in [0.1, 0.15) is 24.5 Å². The summed E-state index contributed by atoms with van der Waals surface area (Å²) in [6.45, 7) is 1.07. The van der Waals surface area contributed by atoms with Gasteiger partial charge < -0.3 is 5.32 Å². The van der Waals surface area contributed by atoms with Crippen molar-refractivity contribution >= 4 is 0 Å². The molecule has 1 fully saturated rings. The van der Waals surface area contributed by atoms with E-state index in [1.807, 2.05) is 36.1 Å². The van der Waals surface area contributed by atoms with Crippen LogP contribution in [0.5, 0.6) is 0 Å². The number of benzene rings is 1. The van der Waals surface area contributed by atoms with E-state index in [0.717, 1.165) is 18.2 Å². The van der Waals surface area contributed by atoms with Crippen molar-refractivity contribution in [3.05, 3.63) is 42.2 Å². The topological polar surface area (TPSA) is 42.7 Å². The monoisotopic (exact) mass is 242 g/mol. The highest BCUT2D eigenvalue weighted by atomic mass is 15.4. The average molecular weight is 242 g/mol. The molecule has 0 saturated heterocycles. The summed E-state index contributed by atoms with van der Waals surface area (Å²) < 4.78 is 1.98. The molecule has 0 radical (unpaired) electrons. The van der Waals surface area contributed by atoms with Crippen LogP contribution in [0.4, 0.5) is 0 Å². The van der Waals surface area contributed by atoms with Gasteiger partial charge in [-0.2, -0.15) is 0 Å². The fourth-order valence-corrected chi connectivity index (χ4v) is 2.73. The molecule has 1 saturated carbocycles. The second-order valence-corrected chi connectivity index (χ2v) is 4.91. The predicted octanol–water partition coefficient (Wildman–Crippen LogP) is 1.98. The Labute approximate surface area is 107 Å². The first-order valence-corrected chi connectivity index (χ1v) is 6.51. The van der Waals surface area contributed by atoms with Crippen molar-refractivity contribution in [2.45, 2.75) is 18.8 Å². The molecule has 1 heterocycles. The minimum atomic E-state index is 0.590. The van der Waals surface area contributed by atoms with E-state index in [4.69, 9.17) is 0 Å². The molecule has 0 aliphatic heterocycles. The fourth-order valence-electron chi connectivity index (χ4n) is 2.73. The summed E-state index contributed by atoms with van der Waals surface area (Å²) in [6.07, 6.45) is 4.46. The third-order valence-corrected chi connectivity index (χ3v) is 3.84. The molecule has 3 rings (SSSR count). The maximum atomic E-state index is 4.23. The van der Waals surface area contributed by atoms with Gasteiger partial charge in [0.25, 0.3) is 0 Å². The van der Waals surface area contributed by atoms with Crippen molar-refractivity contribution in [1.29, 1.82) is 0 Å². The predicted molar refractivity (Wildman–Crippen MR) is 70.8 cm³/mol. The van der Waals surface area contributed by atoms with Gasteiger partial charge in [-0.1, -0.05) is 23.4 Å². The highest BCUT2D eigenvalue weighted by Crippen LogP contribution is 2.42. The third-order valence-electron chi connectivity index (χ3n) is 3.84. The molecule has 2 atom stereocenters. The van der Waals surface area contributed by atoms with Crippen LogP contribution >= 0.6 is 0 Å². The molecule has 94 valence electrons. The summed E-state index contributed by atoms with van der Waals surface area (Å²) in [4.78, 5) is 0. The van der Waals surface area contributed by atoms with Crippen LogP contribution in [0.25, 0.3) is 5.69 Å². The summed E-state index contributed by atoms with van der Waals surface area (Å²) in [5.74, 6) is 1.31. The van der Waals surface area contributed by atoms with Crippen molar-refractivity contribution in [3.8, 4) is 5.69 Å². The van der Waals surface area contributed by atoms with Crippen LogP contribution in [-0.4, -0.2) is 28.6 Å². The first-order valence-electron chi connectivity index (χ1n) is 6.51. The first kappa shape index (κ1) is 11.4. The van der Waals surface area contributed by atoms with Crippen molar-refractivity contribution in [3.63, 3.8) is 0 Å². The number of nitrogens with zero attached hydrogens (tertiary/aromatic N) is 3. The molecule has 0 spiro atoms. The van der Waals surface area contributed by atoms with Crippen LogP contribution in [0, 0.1) is 5.92 Å². The van der Waals surface area contributed by atoms with Crippen LogP contribution in [0.15, 0.2) is 36.5 Å². The van der Waals surface area contributed by atoms with Crippen LogP contribution in [0.3, 0.4) is 0 Å². The second kappa shape index (κ2) is 4.90. The van der Waals surface area contributed by atoms with Gasteiger partial charge in [0, 0.05) is 5.92 Å². The Morgan fingerprint density at radius 2 is 2.11 bits per heavy atom. The van der Waals surface area contributed by atoms with E-state index >= 15 is 0 Å². The van der Waals surface area contributed by atoms with Crippen LogP contribution < -0.4 is 5.32 Å². The molecule has 4 nitrogen and oxygen atoms in total. The first-order chi connectivity index (χ1) is 8.90. The molecule has 0 amide bonds. The molecular weight excluding hydrogens is 224 g/mol. The normalized spacial score (nSPS) is 22.7. The molecule has 1 aromatic heterocycles. The van der Waals surface area contributed by atoms with E-state index < -0.39 is 0 Å². The summed E-state index contributed by atoms with van der Waals surface area (Å²) in [5, 5.41) is 11.6. The van der Waals surface area contributed by atoms with Crippen LogP contribution in [0.2, 0.25) is 0 Å². The molecule has 18 heavy (non-hydrogen) atoms. The van der Waals surface area contributed by atoms with Gasteiger partial charge in [0.05, 0.1) is 17.6 Å². The molecule has 2 aromatic rings. The van der Waals surface area contributed by atoms with Gasteiger partial charge in [0.2, 0.25) is 0 Å². The largest absolute Gasteiger partial charge is 0.319 e. The zero-order valence-corrected chi connectivity index (χ0v) is 10.6. The Kier molecular flexibility index (Phi) is 3.11. The molecule has 1 aliphatic rings. The number of nitrogens with one attached hydrogen (secondary N) is 1. The summed E-state index contributed by atoms with van der Waals surface area (Å²) >= 11 is 0. The van der Waals surface area contributed by atoms with Gasteiger partial charge in [-0.05, 0) is 44.5 Å². The lowest BCUT2D eigenvalue weighted by molar-refractivity contribution is 0.242. The zero-order chi connectivity index (χ0) is 12.4. The summed E-state index contributed by atoms with van der Waals surface area (Å²) in [7, 11) is 2.02. The molecule has 1 aromatic carbocycles. The number of hydrogen-bond acceptors (Lipinski definition) is 3. The van der Waals surface area contributed by atoms with Gasteiger partial charge in [-0.15, -0.1) is 5.10 Å². The Morgan fingerprint density at radius 1 is 1.28 bits per heavy atom. The Hall–Kier alpha value is -1.68. The molecule has 1 N–H and O–H groups in total. The van der Waals surface area contributed by atoms with Gasteiger partial charge in [0.15, 0.2) is 0 Å². The lowest BCUT2D eigenvalue weighted by Crippen LogP contribution is -2.33. The molecular formula is C14H18N4. The summed E-state index contributed by atoms with van der Waals surface area (Å²) in [6, 6.07) is 10.2. The molecule has 4 heteroatoms. The highest BCUT2D eigenvalue weighted by molar-refractivity contribution is 5.33. The minimum Gasteiger partial charge on any atom is -0.319 e. The number of para-hydroxylation sites is 1. The molecule has 2 unspecified atom stereocenters. The van der Waals surface area contributed by atoms with E-state index in [0.29, 0.717) is 5.92 Å². The second-order valence-electron chi connectivity index (χ2n) is 4.91. The molecule has 0 bridgehead atoms. The van der Waals surface area contributed by atoms with Gasteiger partial charge in [-0.25, -0.2) is 4.68 Å². The minimum absolute atomic E-state index is 0.590. The van der Waals surface area contributed by atoms with E-state index in [-0.39, 0.29) is 0 Å². The third kappa shape index (κ3) is 1.93. The van der Waals surface area contributed by atoms with E-state index in [2.05, 4.69) is 27.8 Å². The lowest BCUT2D eigenvalue weighted by Gasteiger charge is -2.36. The summed E-state index contributed by atoms with van der Waals surface area (Å²) in [5.41, 5.74) is 2.34. The Morgan fingerprint density at radius 3 is 2.78 bits per heavy atom. The van der Waals surface area contributed by atoms with E-state index in [9.17, 15) is 0 Å². The standard InChI is InChI=1S/C14H18N4/c1-15-9-11-7-8-13(11)14-10-16-17-18(14)12-5-3-2-4-6-12/h2-6,10-11,13,15H,7-9H2,1H3. The van der Waals surface area contributed by atoms with Crippen molar-refractivity contribution < 1.29 is 0 Å². The maximum Gasteiger partial charge on any atom is 0.0732 e. The average Bonchev–Trinajstić information content (AvgIpc) is 2.84. The maximum absolute atomic E-state index is 4.23. The number of rotatable bonds is 4. The van der Waals surface area contributed by atoms with Gasteiger partial charge in [0.1, 0.15) is 0 Å². The molecule has 1 aliphatic carbocycles. The Balaban J connectivity index is 1.88. The zero-order valence-electron chi connectivity index (χ0n) is 10.6. The number of aromatic nitrogens is 3. The van der Waals surface area contributed by atoms with Crippen molar-refractivity contribution in [2.24, 2.45) is 5.92 Å². The van der Waals surface area contributed by atoms with Crippen LogP contribution in [-0.2, 0) is 0 Å². The van der Waals surface area contributed by atoms with Gasteiger partial charge >= 0.3 is 0 Å². The highest BCUT2D eigenvalue weighted by Gasteiger charge is 2.34. The fraction of sp³-hybridized carbons (Fsp3) is 0.429. The van der Waals surface area contributed by atoms with E-state index in [1.54, 1.807) is 0 Å². The van der Waals surface area contributed by atoms with Crippen molar-refractivity contribution in [2.75, 3.05) is 13.6 Å². The van der Waals surface area contributed by atoms with Crippen molar-refractivity contribution in [1.82, 2.24) is 20.3 Å². The smallest absolute Gasteiger partial charge is 0.0732 e. The lowest BCUT2D eigenvalue weighted by atomic mass is 9.72. The Bertz CT molecular complexity index is 506. The van der Waals surface area contributed by atoms with Gasteiger partial charge in [-0.3, -0.25) is 0 Å². The number of hydrogen-bond donors (Lipinski definition) is 1. The SMILES string of the molecule is CNCC1CCC1c1cnnn1-c1ccccc1.